The Bertz CT molecular complexity index is 220. The number of carbonyl (C=O) groups is 2. The molecule has 0 saturated heterocycles. The van der Waals surface area contributed by atoms with Crippen LogP contribution in [0.4, 0.5) is 0 Å². The fourth-order valence-corrected chi connectivity index (χ4v) is 1.37. The lowest BCUT2D eigenvalue weighted by atomic mass is 10.1. The number of hydrogen-bond donors (Lipinski definition) is 0. The average molecular weight is 168 g/mol. The SMILES string of the molecule is C=CC1CC(=O)C(OC(C)=O)C1. The van der Waals surface area contributed by atoms with Gasteiger partial charge in [0.15, 0.2) is 11.9 Å². The molecule has 0 aromatic rings. The van der Waals surface area contributed by atoms with E-state index in [9.17, 15) is 9.59 Å². The van der Waals surface area contributed by atoms with Crippen LogP contribution < -0.4 is 0 Å². The van der Waals surface area contributed by atoms with E-state index < -0.39 is 12.1 Å². The van der Waals surface area contributed by atoms with E-state index in [2.05, 4.69) is 6.58 Å². The van der Waals surface area contributed by atoms with Crippen LogP contribution in [-0.4, -0.2) is 17.9 Å². The number of ketones is 1. The summed E-state index contributed by atoms with van der Waals surface area (Å²) in [6.45, 7) is 4.91. The minimum Gasteiger partial charge on any atom is -0.455 e. The third-order valence-electron chi connectivity index (χ3n) is 1.98. The van der Waals surface area contributed by atoms with Crippen LogP contribution in [-0.2, 0) is 14.3 Å². The van der Waals surface area contributed by atoms with Crippen LogP contribution in [0.15, 0.2) is 12.7 Å². The lowest BCUT2D eigenvalue weighted by Gasteiger charge is -2.07. The Kier molecular flexibility index (Phi) is 2.63. The maximum absolute atomic E-state index is 11.2. The molecule has 2 unspecified atom stereocenters. The van der Waals surface area contributed by atoms with Gasteiger partial charge < -0.3 is 4.74 Å². The maximum atomic E-state index is 11.2. The monoisotopic (exact) mass is 168 g/mol. The molecule has 1 aliphatic carbocycles. The molecular formula is C9H12O3. The fraction of sp³-hybridized carbons (Fsp3) is 0.556. The third-order valence-corrected chi connectivity index (χ3v) is 1.98. The zero-order valence-corrected chi connectivity index (χ0v) is 7.08. The van der Waals surface area contributed by atoms with Crippen LogP contribution in [0, 0.1) is 5.92 Å². The Morgan fingerprint density at radius 2 is 2.42 bits per heavy atom. The molecule has 0 radical (unpaired) electrons. The highest BCUT2D eigenvalue weighted by molar-refractivity contribution is 5.87. The molecule has 0 aliphatic heterocycles. The van der Waals surface area contributed by atoms with Crippen molar-refractivity contribution in [2.24, 2.45) is 5.92 Å². The Hall–Kier alpha value is -1.12. The van der Waals surface area contributed by atoms with Gasteiger partial charge in [-0.1, -0.05) is 6.08 Å². The van der Waals surface area contributed by atoms with Crippen molar-refractivity contribution in [2.45, 2.75) is 25.9 Å². The molecule has 0 bridgehead atoms. The summed E-state index contributed by atoms with van der Waals surface area (Å²) >= 11 is 0. The predicted molar refractivity (Wildman–Crippen MR) is 43.5 cm³/mol. The second-order valence-corrected chi connectivity index (χ2v) is 3.00. The summed E-state index contributed by atoms with van der Waals surface area (Å²) in [5.41, 5.74) is 0. The fourth-order valence-electron chi connectivity index (χ4n) is 1.37. The molecule has 0 aromatic carbocycles. The molecule has 1 saturated carbocycles. The van der Waals surface area contributed by atoms with Crippen molar-refractivity contribution in [3.63, 3.8) is 0 Å². The highest BCUT2D eigenvalue weighted by atomic mass is 16.5. The van der Waals surface area contributed by atoms with E-state index in [1.165, 1.54) is 6.92 Å². The number of rotatable bonds is 2. The molecule has 0 N–H and O–H groups in total. The third kappa shape index (κ3) is 1.94. The Balaban J connectivity index is 2.51. The number of hydrogen-bond acceptors (Lipinski definition) is 3. The minimum absolute atomic E-state index is 0.00935. The summed E-state index contributed by atoms with van der Waals surface area (Å²) in [5.74, 6) is -0.199. The van der Waals surface area contributed by atoms with E-state index in [-0.39, 0.29) is 11.7 Å². The molecule has 0 spiro atoms. The van der Waals surface area contributed by atoms with Gasteiger partial charge in [-0.2, -0.15) is 0 Å². The van der Waals surface area contributed by atoms with Gasteiger partial charge in [0.2, 0.25) is 0 Å². The first kappa shape index (κ1) is 8.97. The number of Topliss-reactive ketones (excluding diaryl/α,β-unsaturated/α-hetero) is 1. The second-order valence-electron chi connectivity index (χ2n) is 3.00. The minimum atomic E-state index is -0.523. The topological polar surface area (TPSA) is 43.4 Å². The summed E-state index contributed by atoms with van der Waals surface area (Å²) in [5, 5.41) is 0. The summed E-state index contributed by atoms with van der Waals surface area (Å²) in [7, 11) is 0. The van der Waals surface area contributed by atoms with E-state index in [0.717, 1.165) is 0 Å². The quantitative estimate of drug-likeness (QED) is 0.457. The molecule has 3 nitrogen and oxygen atoms in total. The second kappa shape index (κ2) is 3.52. The molecule has 0 amide bonds. The van der Waals surface area contributed by atoms with Crippen molar-refractivity contribution < 1.29 is 14.3 Å². The van der Waals surface area contributed by atoms with Gasteiger partial charge in [-0.3, -0.25) is 9.59 Å². The first-order valence-electron chi connectivity index (χ1n) is 3.96. The van der Waals surface area contributed by atoms with Crippen molar-refractivity contribution >= 4 is 11.8 Å². The van der Waals surface area contributed by atoms with E-state index in [0.29, 0.717) is 12.8 Å². The smallest absolute Gasteiger partial charge is 0.303 e. The molecular weight excluding hydrogens is 156 g/mol. The molecule has 2 atom stereocenters. The van der Waals surface area contributed by atoms with Crippen molar-refractivity contribution in [2.75, 3.05) is 0 Å². The van der Waals surface area contributed by atoms with Crippen LogP contribution in [0.25, 0.3) is 0 Å². The van der Waals surface area contributed by atoms with Crippen LogP contribution in [0.3, 0.4) is 0 Å². The average Bonchev–Trinajstić information content (AvgIpc) is 2.31. The van der Waals surface area contributed by atoms with Gasteiger partial charge in [0.05, 0.1) is 0 Å². The van der Waals surface area contributed by atoms with E-state index in [1.54, 1.807) is 6.08 Å². The lowest BCUT2D eigenvalue weighted by molar-refractivity contribution is -0.151. The van der Waals surface area contributed by atoms with Crippen molar-refractivity contribution in [1.82, 2.24) is 0 Å². The predicted octanol–water partition coefficient (Wildman–Crippen LogP) is 1.08. The zero-order valence-electron chi connectivity index (χ0n) is 7.08. The van der Waals surface area contributed by atoms with Crippen molar-refractivity contribution in [1.29, 1.82) is 0 Å². The number of ether oxygens (including phenoxy) is 1. The highest BCUT2D eigenvalue weighted by Crippen LogP contribution is 2.25. The van der Waals surface area contributed by atoms with Crippen LogP contribution in [0.5, 0.6) is 0 Å². The Morgan fingerprint density at radius 1 is 1.75 bits per heavy atom. The van der Waals surface area contributed by atoms with Gasteiger partial charge >= 0.3 is 5.97 Å². The van der Waals surface area contributed by atoms with Gasteiger partial charge in [0.1, 0.15) is 0 Å². The Labute approximate surface area is 71.4 Å². The molecule has 0 heterocycles. The van der Waals surface area contributed by atoms with Gasteiger partial charge in [-0.15, -0.1) is 6.58 Å². The van der Waals surface area contributed by atoms with Crippen LogP contribution >= 0.6 is 0 Å². The summed E-state index contributed by atoms with van der Waals surface area (Å²) in [4.78, 5) is 21.7. The standard InChI is InChI=1S/C9H12O3/c1-3-7-4-8(11)9(5-7)12-6(2)10/h3,7,9H,1,4-5H2,2H3. The van der Waals surface area contributed by atoms with Crippen molar-refractivity contribution in [3.05, 3.63) is 12.7 Å². The lowest BCUT2D eigenvalue weighted by Crippen LogP contribution is -2.20. The van der Waals surface area contributed by atoms with E-state index in [1.807, 2.05) is 0 Å². The highest BCUT2D eigenvalue weighted by Gasteiger charge is 2.32. The molecule has 3 heteroatoms. The Morgan fingerprint density at radius 3 is 2.83 bits per heavy atom. The molecule has 1 fully saturated rings. The molecule has 1 rings (SSSR count). The van der Waals surface area contributed by atoms with E-state index >= 15 is 0 Å². The summed E-state index contributed by atoms with van der Waals surface area (Å²) < 4.78 is 4.82. The molecule has 1 aliphatic rings. The van der Waals surface area contributed by atoms with Gasteiger partial charge in [-0.25, -0.2) is 0 Å². The summed E-state index contributed by atoms with van der Waals surface area (Å²) in [6, 6.07) is 0. The van der Waals surface area contributed by atoms with Gasteiger partial charge in [0.25, 0.3) is 0 Å². The normalized spacial score (nSPS) is 28.6. The largest absolute Gasteiger partial charge is 0.455 e. The summed E-state index contributed by atoms with van der Waals surface area (Å²) in [6.07, 6.45) is 2.27. The molecule has 12 heavy (non-hydrogen) atoms. The van der Waals surface area contributed by atoms with Crippen molar-refractivity contribution in [3.8, 4) is 0 Å². The number of carbonyl (C=O) groups excluding carboxylic acids is 2. The molecule has 66 valence electrons. The first-order valence-corrected chi connectivity index (χ1v) is 3.96. The van der Waals surface area contributed by atoms with Gasteiger partial charge in [-0.05, 0) is 12.3 Å². The van der Waals surface area contributed by atoms with E-state index in [4.69, 9.17) is 4.74 Å². The number of allylic oxidation sites excluding steroid dienone is 1. The van der Waals surface area contributed by atoms with Gasteiger partial charge in [0, 0.05) is 13.3 Å². The first-order chi connectivity index (χ1) is 5.63. The zero-order chi connectivity index (χ0) is 9.14. The molecule has 0 aromatic heterocycles. The maximum Gasteiger partial charge on any atom is 0.303 e. The number of esters is 1. The van der Waals surface area contributed by atoms with Crippen LogP contribution in [0.1, 0.15) is 19.8 Å². The van der Waals surface area contributed by atoms with Crippen LogP contribution in [0.2, 0.25) is 0 Å².